The van der Waals surface area contributed by atoms with Crippen LogP contribution in [0, 0.1) is 0 Å². The second-order valence-corrected chi connectivity index (χ2v) is 5.12. The molecule has 0 radical (unpaired) electrons. The molecule has 0 spiro atoms. The molecule has 0 unspecified atom stereocenters. The van der Waals surface area contributed by atoms with Crippen molar-refractivity contribution in [2.45, 2.75) is 32.5 Å². The average molecular weight is 293 g/mol. The van der Waals surface area contributed by atoms with Gasteiger partial charge >= 0.3 is 5.97 Å². The van der Waals surface area contributed by atoms with Gasteiger partial charge in [0, 0.05) is 44.8 Å². The van der Waals surface area contributed by atoms with Crippen LogP contribution in [0.5, 0.6) is 0 Å². The largest absolute Gasteiger partial charge is 0.478 e. The fourth-order valence-electron chi connectivity index (χ4n) is 2.78. The minimum absolute atomic E-state index is 0.314. The number of rotatable bonds is 6. The SMILES string of the molecule is CCOC1(OCC)CCN(c2ccc(C(=O)O)cc2)CC1. The topological polar surface area (TPSA) is 59.0 Å². The predicted octanol–water partition coefficient (Wildman–Crippen LogP) is 2.75. The summed E-state index contributed by atoms with van der Waals surface area (Å²) in [6.07, 6.45) is 1.63. The van der Waals surface area contributed by atoms with Gasteiger partial charge in [-0.05, 0) is 38.1 Å². The van der Waals surface area contributed by atoms with E-state index >= 15 is 0 Å². The van der Waals surface area contributed by atoms with Gasteiger partial charge in [0.25, 0.3) is 0 Å². The number of piperidine rings is 1. The van der Waals surface area contributed by atoms with Crippen molar-refractivity contribution in [1.29, 1.82) is 0 Å². The molecule has 21 heavy (non-hydrogen) atoms. The third kappa shape index (κ3) is 3.74. The van der Waals surface area contributed by atoms with Crippen molar-refractivity contribution in [2.24, 2.45) is 0 Å². The summed E-state index contributed by atoms with van der Waals surface area (Å²) in [6.45, 7) is 6.94. The maximum Gasteiger partial charge on any atom is 0.335 e. The number of carboxylic acids is 1. The Morgan fingerprint density at radius 3 is 2.10 bits per heavy atom. The Balaban J connectivity index is 2.01. The number of nitrogens with zero attached hydrogens (tertiary/aromatic N) is 1. The fraction of sp³-hybridized carbons (Fsp3) is 0.562. The number of carboxylic acid groups (broad SMARTS) is 1. The molecule has 1 aromatic rings. The van der Waals surface area contributed by atoms with Gasteiger partial charge in [0.05, 0.1) is 5.56 Å². The number of hydrogen-bond donors (Lipinski definition) is 1. The zero-order valence-electron chi connectivity index (χ0n) is 12.7. The molecule has 1 saturated heterocycles. The first-order valence-electron chi connectivity index (χ1n) is 7.46. The van der Waals surface area contributed by atoms with E-state index in [0.717, 1.165) is 31.6 Å². The van der Waals surface area contributed by atoms with Crippen molar-refractivity contribution < 1.29 is 19.4 Å². The van der Waals surface area contributed by atoms with Crippen LogP contribution in [0.2, 0.25) is 0 Å². The molecular formula is C16H23NO4. The van der Waals surface area contributed by atoms with Crippen LogP contribution in [0.4, 0.5) is 5.69 Å². The number of carbonyl (C=O) groups is 1. The van der Waals surface area contributed by atoms with E-state index in [1.807, 2.05) is 26.0 Å². The molecule has 5 nitrogen and oxygen atoms in total. The van der Waals surface area contributed by atoms with Crippen molar-refractivity contribution in [3.63, 3.8) is 0 Å². The van der Waals surface area contributed by atoms with Crippen LogP contribution in [0.1, 0.15) is 37.0 Å². The minimum atomic E-state index is -0.896. The zero-order chi connectivity index (χ0) is 15.3. The van der Waals surface area contributed by atoms with E-state index in [1.165, 1.54) is 0 Å². The molecule has 1 fully saturated rings. The molecule has 1 aliphatic rings. The molecule has 0 aliphatic carbocycles. The van der Waals surface area contributed by atoms with E-state index in [4.69, 9.17) is 14.6 Å². The standard InChI is InChI=1S/C16H23NO4/c1-3-20-16(21-4-2)9-11-17(12-10-16)14-7-5-13(6-8-14)15(18)19/h5-8H,3-4,9-12H2,1-2H3,(H,18,19). The maximum atomic E-state index is 10.9. The third-order valence-corrected chi connectivity index (χ3v) is 3.82. The Kier molecular flexibility index (Phi) is 5.20. The Hall–Kier alpha value is -1.59. The predicted molar refractivity (Wildman–Crippen MR) is 80.8 cm³/mol. The maximum absolute atomic E-state index is 10.9. The van der Waals surface area contributed by atoms with Crippen molar-refractivity contribution in [3.05, 3.63) is 29.8 Å². The van der Waals surface area contributed by atoms with Gasteiger partial charge in [-0.15, -0.1) is 0 Å². The lowest BCUT2D eigenvalue weighted by molar-refractivity contribution is -0.242. The zero-order valence-corrected chi connectivity index (χ0v) is 12.7. The Morgan fingerprint density at radius 1 is 1.14 bits per heavy atom. The first-order chi connectivity index (χ1) is 10.1. The highest BCUT2D eigenvalue weighted by atomic mass is 16.7. The number of hydrogen-bond acceptors (Lipinski definition) is 4. The first kappa shape index (κ1) is 15.8. The molecule has 1 N–H and O–H groups in total. The van der Waals surface area contributed by atoms with Crippen LogP contribution in [0.3, 0.4) is 0 Å². The molecule has 0 atom stereocenters. The molecule has 0 aromatic heterocycles. The monoisotopic (exact) mass is 293 g/mol. The summed E-state index contributed by atoms with van der Waals surface area (Å²) in [7, 11) is 0. The lowest BCUT2D eigenvalue weighted by Crippen LogP contribution is -2.48. The summed E-state index contributed by atoms with van der Waals surface area (Å²) in [5.41, 5.74) is 1.36. The van der Waals surface area contributed by atoms with Gasteiger partial charge in [0.15, 0.2) is 5.79 Å². The second kappa shape index (κ2) is 6.91. The highest BCUT2D eigenvalue weighted by Gasteiger charge is 2.35. The lowest BCUT2D eigenvalue weighted by Gasteiger charge is -2.41. The third-order valence-electron chi connectivity index (χ3n) is 3.82. The summed E-state index contributed by atoms with van der Waals surface area (Å²) in [4.78, 5) is 13.1. The van der Waals surface area contributed by atoms with Crippen LogP contribution in [0.15, 0.2) is 24.3 Å². The molecule has 1 heterocycles. The molecule has 116 valence electrons. The van der Waals surface area contributed by atoms with Crippen molar-refractivity contribution in [3.8, 4) is 0 Å². The average Bonchev–Trinajstić information content (AvgIpc) is 2.49. The highest BCUT2D eigenvalue weighted by Crippen LogP contribution is 2.30. The summed E-state index contributed by atoms with van der Waals surface area (Å²) in [5.74, 6) is -1.35. The van der Waals surface area contributed by atoms with Crippen LogP contribution >= 0.6 is 0 Å². The molecule has 1 aliphatic heterocycles. The molecule has 0 bridgehead atoms. The van der Waals surface area contributed by atoms with Gasteiger partial charge in [-0.1, -0.05) is 0 Å². The molecule has 1 aromatic carbocycles. The molecule has 0 amide bonds. The molecular weight excluding hydrogens is 270 g/mol. The van der Waals surface area contributed by atoms with Crippen molar-refractivity contribution in [2.75, 3.05) is 31.2 Å². The lowest BCUT2D eigenvalue weighted by atomic mass is 10.0. The van der Waals surface area contributed by atoms with E-state index in [2.05, 4.69) is 4.90 Å². The first-order valence-corrected chi connectivity index (χ1v) is 7.46. The van der Waals surface area contributed by atoms with Gasteiger partial charge < -0.3 is 19.5 Å². The van der Waals surface area contributed by atoms with Crippen molar-refractivity contribution in [1.82, 2.24) is 0 Å². The van der Waals surface area contributed by atoms with Crippen LogP contribution in [-0.4, -0.2) is 43.2 Å². The molecule has 5 heteroatoms. The van der Waals surface area contributed by atoms with Crippen LogP contribution in [0.25, 0.3) is 0 Å². The van der Waals surface area contributed by atoms with Crippen LogP contribution in [-0.2, 0) is 9.47 Å². The van der Waals surface area contributed by atoms with E-state index in [0.29, 0.717) is 18.8 Å². The van der Waals surface area contributed by atoms with E-state index in [9.17, 15) is 4.79 Å². The van der Waals surface area contributed by atoms with Gasteiger partial charge in [-0.2, -0.15) is 0 Å². The van der Waals surface area contributed by atoms with Gasteiger partial charge in [-0.25, -0.2) is 4.79 Å². The second-order valence-electron chi connectivity index (χ2n) is 5.12. The number of aromatic carboxylic acids is 1. The Bertz CT molecular complexity index is 456. The normalized spacial score (nSPS) is 17.7. The fourth-order valence-corrected chi connectivity index (χ4v) is 2.78. The Morgan fingerprint density at radius 2 is 1.67 bits per heavy atom. The van der Waals surface area contributed by atoms with Gasteiger partial charge in [0.1, 0.15) is 0 Å². The van der Waals surface area contributed by atoms with E-state index < -0.39 is 11.8 Å². The molecule has 2 rings (SSSR count). The van der Waals surface area contributed by atoms with Crippen LogP contribution < -0.4 is 4.90 Å². The number of benzene rings is 1. The summed E-state index contributed by atoms with van der Waals surface area (Å²) < 4.78 is 11.6. The minimum Gasteiger partial charge on any atom is -0.478 e. The summed E-state index contributed by atoms with van der Waals surface area (Å²) in [6, 6.07) is 7.00. The Labute approximate surface area is 125 Å². The summed E-state index contributed by atoms with van der Waals surface area (Å²) in [5, 5.41) is 8.93. The van der Waals surface area contributed by atoms with Crippen molar-refractivity contribution >= 4 is 11.7 Å². The molecule has 0 saturated carbocycles. The van der Waals surface area contributed by atoms with Gasteiger partial charge in [-0.3, -0.25) is 0 Å². The van der Waals surface area contributed by atoms with E-state index in [-0.39, 0.29) is 0 Å². The number of anilines is 1. The summed E-state index contributed by atoms with van der Waals surface area (Å²) >= 11 is 0. The van der Waals surface area contributed by atoms with E-state index in [1.54, 1.807) is 12.1 Å². The van der Waals surface area contributed by atoms with Gasteiger partial charge in [0.2, 0.25) is 0 Å². The highest BCUT2D eigenvalue weighted by molar-refractivity contribution is 5.88. The number of ether oxygens (including phenoxy) is 2. The smallest absolute Gasteiger partial charge is 0.335 e. The quantitative estimate of drug-likeness (QED) is 0.817.